The van der Waals surface area contributed by atoms with Gasteiger partial charge in [0.25, 0.3) is 0 Å². The molecular weight excluding hydrogens is 272 g/mol. The van der Waals surface area contributed by atoms with Crippen LogP contribution >= 0.6 is 11.8 Å². The van der Waals surface area contributed by atoms with E-state index in [-0.39, 0.29) is 10.3 Å². The lowest BCUT2D eigenvalue weighted by Crippen LogP contribution is -2.32. The Morgan fingerprint density at radius 2 is 2.00 bits per heavy atom. The molecule has 0 saturated carbocycles. The lowest BCUT2D eigenvalue weighted by molar-refractivity contribution is 0.0696. The summed E-state index contributed by atoms with van der Waals surface area (Å²) in [6, 6.07) is 1.81. The zero-order valence-electron chi connectivity index (χ0n) is 12.9. The van der Waals surface area contributed by atoms with E-state index in [4.69, 9.17) is 0 Å². The number of anilines is 1. The molecule has 1 aromatic rings. The molecule has 0 aliphatic rings. The highest BCUT2D eigenvalue weighted by atomic mass is 32.2. The van der Waals surface area contributed by atoms with Crippen molar-refractivity contribution in [2.24, 2.45) is 0 Å². The van der Waals surface area contributed by atoms with E-state index in [1.54, 1.807) is 6.92 Å². The van der Waals surface area contributed by atoms with Crippen molar-refractivity contribution in [2.75, 3.05) is 18.1 Å². The van der Waals surface area contributed by atoms with E-state index in [0.717, 1.165) is 25.1 Å². The first-order chi connectivity index (χ1) is 9.39. The molecule has 0 fully saturated rings. The van der Waals surface area contributed by atoms with Crippen LogP contribution in [0.15, 0.2) is 6.07 Å². The Hall–Kier alpha value is -1.23. The molecule has 0 saturated heterocycles. The molecule has 20 heavy (non-hydrogen) atoms. The number of carboxylic acids is 1. The van der Waals surface area contributed by atoms with Crippen molar-refractivity contribution >= 4 is 23.4 Å². The van der Waals surface area contributed by atoms with Gasteiger partial charge in [0.2, 0.25) is 0 Å². The van der Waals surface area contributed by atoms with E-state index >= 15 is 0 Å². The van der Waals surface area contributed by atoms with Crippen LogP contribution in [0.4, 0.5) is 5.69 Å². The average Bonchev–Trinajstić information content (AvgIpc) is 2.39. The van der Waals surface area contributed by atoms with Crippen molar-refractivity contribution in [3.05, 3.63) is 23.0 Å². The number of aromatic carboxylic acids is 1. The zero-order chi connectivity index (χ0) is 15.3. The molecule has 0 radical (unpaired) electrons. The van der Waals surface area contributed by atoms with Crippen LogP contribution in [0.2, 0.25) is 0 Å². The first kappa shape index (κ1) is 16.8. The number of carboxylic acid groups (broad SMARTS) is 1. The number of hydrogen-bond donors (Lipinski definition) is 2. The highest BCUT2D eigenvalue weighted by Gasteiger charge is 2.25. The number of nitrogens with one attached hydrogen (secondary N) is 1. The van der Waals surface area contributed by atoms with Gasteiger partial charge in [-0.3, -0.25) is 4.98 Å². The third-order valence-electron chi connectivity index (χ3n) is 3.86. The summed E-state index contributed by atoms with van der Waals surface area (Å²) < 4.78 is 0.140. The predicted molar refractivity (Wildman–Crippen MR) is 86.0 cm³/mol. The number of nitrogens with zero attached hydrogens (tertiary/aromatic N) is 1. The molecule has 0 amide bonds. The van der Waals surface area contributed by atoms with E-state index in [9.17, 15) is 9.90 Å². The van der Waals surface area contributed by atoms with Gasteiger partial charge in [0, 0.05) is 17.0 Å². The average molecular weight is 296 g/mol. The van der Waals surface area contributed by atoms with E-state index < -0.39 is 5.97 Å². The standard InChI is InChI=1S/C15H24N2O2S/c1-6-15(7-2,20-5)9-16-12-8-10(3)17-11(4)13(12)14(18)19/h8H,6-7,9H2,1-5H3,(H,16,17)(H,18,19). The summed E-state index contributed by atoms with van der Waals surface area (Å²) in [7, 11) is 0. The molecule has 4 nitrogen and oxygen atoms in total. The molecule has 0 aromatic carbocycles. The van der Waals surface area contributed by atoms with Gasteiger partial charge < -0.3 is 10.4 Å². The molecule has 0 spiro atoms. The molecule has 0 unspecified atom stereocenters. The Morgan fingerprint density at radius 3 is 2.45 bits per heavy atom. The molecule has 5 heteroatoms. The summed E-state index contributed by atoms with van der Waals surface area (Å²) in [6.07, 6.45) is 4.20. The maximum Gasteiger partial charge on any atom is 0.339 e. The van der Waals surface area contributed by atoms with E-state index in [1.165, 1.54) is 0 Å². The monoisotopic (exact) mass is 296 g/mol. The van der Waals surface area contributed by atoms with Crippen molar-refractivity contribution in [1.29, 1.82) is 0 Å². The quantitative estimate of drug-likeness (QED) is 0.802. The molecule has 1 heterocycles. The van der Waals surface area contributed by atoms with Gasteiger partial charge >= 0.3 is 5.97 Å². The highest BCUT2D eigenvalue weighted by molar-refractivity contribution is 8.00. The van der Waals surface area contributed by atoms with Crippen molar-refractivity contribution in [3.8, 4) is 0 Å². The summed E-state index contributed by atoms with van der Waals surface area (Å²) in [4.78, 5) is 15.6. The largest absolute Gasteiger partial charge is 0.478 e. The molecule has 1 aromatic heterocycles. The number of rotatable bonds is 7. The minimum atomic E-state index is -0.930. The SMILES string of the molecule is CCC(CC)(CNc1cc(C)nc(C)c1C(=O)O)SC. The van der Waals surface area contributed by atoms with Gasteiger partial charge in [-0.1, -0.05) is 13.8 Å². The van der Waals surface area contributed by atoms with Gasteiger partial charge in [0.15, 0.2) is 0 Å². The van der Waals surface area contributed by atoms with Gasteiger partial charge in [-0.2, -0.15) is 11.8 Å². The van der Waals surface area contributed by atoms with Crippen molar-refractivity contribution in [1.82, 2.24) is 4.98 Å². The van der Waals surface area contributed by atoms with Crippen LogP contribution in [0.3, 0.4) is 0 Å². The van der Waals surface area contributed by atoms with E-state index in [2.05, 4.69) is 30.4 Å². The Balaban J connectivity index is 3.06. The maximum absolute atomic E-state index is 11.4. The van der Waals surface area contributed by atoms with Crippen LogP contribution < -0.4 is 5.32 Å². The van der Waals surface area contributed by atoms with Crippen LogP contribution in [0.1, 0.15) is 48.4 Å². The summed E-state index contributed by atoms with van der Waals surface area (Å²) >= 11 is 1.83. The normalized spacial score (nSPS) is 11.4. The van der Waals surface area contributed by atoms with Crippen LogP contribution in [0, 0.1) is 13.8 Å². The van der Waals surface area contributed by atoms with Gasteiger partial charge in [-0.25, -0.2) is 4.79 Å². The first-order valence-electron chi connectivity index (χ1n) is 6.89. The fourth-order valence-corrected chi connectivity index (χ4v) is 3.15. The Labute approximate surface area is 125 Å². The molecule has 0 aliphatic carbocycles. The predicted octanol–water partition coefficient (Wildman–Crippen LogP) is 3.73. The molecule has 0 aliphatic heterocycles. The van der Waals surface area contributed by atoms with Gasteiger partial charge in [0.05, 0.1) is 11.4 Å². The molecule has 112 valence electrons. The van der Waals surface area contributed by atoms with E-state index in [0.29, 0.717) is 11.4 Å². The fraction of sp³-hybridized carbons (Fsp3) is 0.600. The van der Waals surface area contributed by atoms with Gasteiger partial charge in [-0.15, -0.1) is 0 Å². The first-order valence-corrected chi connectivity index (χ1v) is 8.12. The van der Waals surface area contributed by atoms with Gasteiger partial charge in [-0.05, 0) is 39.0 Å². The highest BCUT2D eigenvalue weighted by Crippen LogP contribution is 2.31. The molecular formula is C15H24N2O2S. The van der Waals surface area contributed by atoms with Crippen LogP contribution in [-0.2, 0) is 0 Å². The molecule has 1 rings (SSSR count). The molecule has 0 atom stereocenters. The lowest BCUT2D eigenvalue weighted by atomic mass is 10.0. The van der Waals surface area contributed by atoms with Crippen LogP contribution in [-0.4, -0.2) is 33.6 Å². The van der Waals surface area contributed by atoms with Crippen LogP contribution in [0.5, 0.6) is 0 Å². The summed E-state index contributed by atoms with van der Waals surface area (Å²) in [5.74, 6) is -0.930. The summed E-state index contributed by atoms with van der Waals surface area (Å²) in [6.45, 7) is 8.71. The number of aromatic nitrogens is 1. The van der Waals surface area contributed by atoms with Crippen LogP contribution in [0.25, 0.3) is 0 Å². The second kappa shape index (κ2) is 6.97. The summed E-state index contributed by atoms with van der Waals surface area (Å²) in [5.41, 5.74) is 2.33. The fourth-order valence-electron chi connectivity index (χ4n) is 2.36. The van der Waals surface area contributed by atoms with E-state index in [1.807, 2.05) is 24.8 Å². The number of pyridine rings is 1. The number of carbonyl (C=O) groups is 1. The minimum absolute atomic E-state index is 0.140. The van der Waals surface area contributed by atoms with Gasteiger partial charge in [0.1, 0.15) is 5.56 Å². The second-order valence-electron chi connectivity index (χ2n) is 5.02. The molecule has 0 bridgehead atoms. The third-order valence-corrected chi connectivity index (χ3v) is 5.45. The van der Waals surface area contributed by atoms with Crippen molar-refractivity contribution in [3.63, 3.8) is 0 Å². The van der Waals surface area contributed by atoms with Crippen molar-refractivity contribution in [2.45, 2.75) is 45.3 Å². The smallest absolute Gasteiger partial charge is 0.339 e. The molecule has 2 N–H and O–H groups in total. The lowest BCUT2D eigenvalue weighted by Gasteiger charge is -2.30. The number of thioether (sulfide) groups is 1. The second-order valence-corrected chi connectivity index (χ2v) is 6.30. The third kappa shape index (κ3) is 3.66. The minimum Gasteiger partial charge on any atom is -0.478 e. The van der Waals surface area contributed by atoms with Crippen molar-refractivity contribution < 1.29 is 9.90 Å². The Bertz CT molecular complexity index is 477. The number of aryl methyl sites for hydroxylation is 2. The summed E-state index contributed by atoms with van der Waals surface area (Å²) in [5, 5.41) is 12.7. The Morgan fingerprint density at radius 1 is 1.40 bits per heavy atom. The topological polar surface area (TPSA) is 62.2 Å². The zero-order valence-corrected chi connectivity index (χ0v) is 13.7. The number of hydrogen-bond acceptors (Lipinski definition) is 4. The Kier molecular flexibility index (Phi) is 5.87. The maximum atomic E-state index is 11.4.